The van der Waals surface area contributed by atoms with Crippen LogP contribution in [0.2, 0.25) is 0 Å². The molecule has 2 heterocycles. The van der Waals surface area contributed by atoms with Crippen molar-refractivity contribution in [3.63, 3.8) is 0 Å². The monoisotopic (exact) mass is 384 g/mol. The van der Waals surface area contributed by atoms with Gasteiger partial charge in [-0.1, -0.05) is 31.5 Å². The summed E-state index contributed by atoms with van der Waals surface area (Å²) in [5.74, 6) is -1.85. The van der Waals surface area contributed by atoms with Gasteiger partial charge in [0.25, 0.3) is 5.91 Å². The van der Waals surface area contributed by atoms with E-state index in [1.54, 1.807) is 16.3 Å². The fourth-order valence-corrected chi connectivity index (χ4v) is 3.41. The molecule has 140 valence electrons. The van der Waals surface area contributed by atoms with Crippen molar-refractivity contribution in [3.05, 3.63) is 53.8 Å². The minimum Gasteiger partial charge on any atom is -0.481 e. The summed E-state index contributed by atoms with van der Waals surface area (Å²) in [6.45, 7) is 2.01. The van der Waals surface area contributed by atoms with E-state index in [-0.39, 0.29) is 18.1 Å². The maximum Gasteiger partial charge on any atom is 0.308 e. The third kappa shape index (κ3) is 4.59. The largest absolute Gasteiger partial charge is 0.481 e. The number of hydrogen-bond acceptors (Lipinski definition) is 5. The van der Waals surface area contributed by atoms with Crippen LogP contribution in [0.5, 0.6) is 0 Å². The van der Waals surface area contributed by atoms with Crippen molar-refractivity contribution in [1.29, 1.82) is 0 Å². The third-order valence-electron chi connectivity index (χ3n) is 4.08. The SMILES string of the molecule is CCCC(CNC(=O)c1csc(-c2cnn(-c3ccccc3)c2)n1)C(=O)O. The highest BCUT2D eigenvalue weighted by Gasteiger charge is 2.19. The Hall–Kier alpha value is -3.00. The van der Waals surface area contributed by atoms with Gasteiger partial charge in [-0.05, 0) is 18.6 Å². The minimum absolute atomic E-state index is 0.0980. The molecule has 27 heavy (non-hydrogen) atoms. The lowest BCUT2D eigenvalue weighted by Gasteiger charge is -2.11. The molecule has 0 fully saturated rings. The lowest BCUT2D eigenvalue weighted by Crippen LogP contribution is -2.33. The molecule has 0 aliphatic carbocycles. The van der Waals surface area contributed by atoms with Gasteiger partial charge < -0.3 is 10.4 Å². The van der Waals surface area contributed by atoms with Gasteiger partial charge in [-0.15, -0.1) is 11.3 Å². The number of amides is 1. The van der Waals surface area contributed by atoms with Crippen LogP contribution in [-0.2, 0) is 4.79 Å². The summed E-state index contributed by atoms with van der Waals surface area (Å²) in [6, 6.07) is 9.71. The van der Waals surface area contributed by atoms with Crippen LogP contribution in [0.15, 0.2) is 48.1 Å². The van der Waals surface area contributed by atoms with Crippen molar-refractivity contribution in [2.75, 3.05) is 6.54 Å². The van der Waals surface area contributed by atoms with Crippen LogP contribution < -0.4 is 5.32 Å². The lowest BCUT2D eigenvalue weighted by atomic mass is 10.0. The van der Waals surface area contributed by atoms with Gasteiger partial charge in [0.1, 0.15) is 10.7 Å². The molecule has 1 aromatic carbocycles. The molecule has 1 atom stereocenters. The van der Waals surface area contributed by atoms with E-state index in [9.17, 15) is 9.59 Å². The van der Waals surface area contributed by atoms with Crippen LogP contribution >= 0.6 is 11.3 Å². The summed E-state index contributed by atoms with van der Waals surface area (Å²) in [5.41, 5.74) is 2.04. The quantitative estimate of drug-likeness (QED) is 0.621. The summed E-state index contributed by atoms with van der Waals surface area (Å²) >= 11 is 1.35. The van der Waals surface area contributed by atoms with Crippen LogP contribution in [0.3, 0.4) is 0 Å². The molecule has 7 nitrogen and oxygen atoms in total. The molecule has 0 spiro atoms. The molecule has 0 saturated carbocycles. The van der Waals surface area contributed by atoms with Crippen LogP contribution in [0.4, 0.5) is 0 Å². The second-order valence-electron chi connectivity index (χ2n) is 6.08. The van der Waals surface area contributed by atoms with Crippen molar-refractivity contribution in [2.45, 2.75) is 19.8 Å². The van der Waals surface area contributed by atoms with Gasteiger partial charge in [0.2, 0.25) is 0 Å². The molecule has 0 saturated heterocycles. The molecule has 0 bridgehead atoms. The Morgan fingerprint density at radius 1 is 1.30 bits per heavy atom. The van der Waals surface area contributed by atoms with E-state index in [0.717, 1.165) is 17.7 Å². The maximum atomic E-state index is 12.3. The molecule has 2 aromatic heterocycles. The average molecular weight is 384 g/mol. The predicted octanol–water partition coefficient (Wildman–Crippen LogP) is 3.23. The number of rotatable bonds is 8. The highest BCUT2D eigenvalue weighted by Crippen LogP contribution is 2.24. The Kier molecular flexibility index (Phi) is 5.97. The topological polar surface area (TPSA) is 97.1 Å². The number of hydrogen-bond donors (Lipinski definition) is 2. The highest BCUT2D eigenvalue weighted by molar-refractivity contribution is 7.13. The van der Waals surface area contributed by atoms with Crippen molar-refractivity contribution in [1.82, 2.24) is 20.1 Å². The molecule has 2 N–H and O–H groups in total. The lowest BCUT2D eigenvalue weighted by molar-refractivity contribution is -0.141. The van der Waals surface area contributed by atoms with Crippen LogP contribution in [0, 0.1) is 5.92 Å². The van der Waals surface area contributed by atoms with E-state index in [4.69, 9.17) is 5.11 Å². The summed E-state index contributed by atoms with van der Waals surface area (Å²) in [6.07, 6.45) is 4.84. The van der Waals surface area contributed by atoms with E-state index in [1.807, 2.05) is 43.5 Å². The molecular formula is C19H20N4O3S. The molecule has 0 radical (unpaired) electrons. The minimum atomic E-state index is -0.899. The predicted molar refractivity (Wildman–Crippen MR) is 103 cm³/mol. The zero-order valence-electron chi connectivity index (χ0n) is 14.8. The number of aliphatic carboxylic acids is 1. The van der Waals surface area contributed by atoms with Gasteiger partial charge in [-0.25, -0.2) is 9.67 Å². The Labute approximate surface area is 160 Å². The van der Waals surface area contributed by atoms with Gasteiger partial charge in [-0.2, -0.15) is 5.10 Å². The number of carboxylic acids is 1. The highest BCUT2D eigenvalue weighted by atomic mass is 32.1. The van der Waals surface area contributed by atoms with E-state index < -0.39 is 11.9 Å². The number of para-hydroxylation sites is 1. The summed E-state index contributed by atoms with van der Waals surface area (Å²) in [7, 11) is 0. The number of nitrogens with one attached hydrogen (secondary N) is 1. The number of carbonyl (C=O) groups is 2. The van der Waals surface area contributed by atoms with E-state index in [2.05, 4.69) is 15.4 Å². The summed E-state index contributed by atoms with van der Waals surface area (Å²) < 4.78 is 1.75. The number of aromatic nitrogens is 3. The maximum absolute atomic E-state index is 12.3. The normalized spacial score (nSPS) is 11.9. The average Bonchev–Trinajstić information content (AvgIpc) is 3.34. The smallest absolute Gasteiger partial charge is 0.308 e. The third-order valence-corrected chi connectivity index (χ3v) is 4.97. The van der Waals surface area contributed by atoms with Gasteiger partial charge >= 0.3 is 5.97 Å². The van der Waals surface area contributed by atoms with Crippen molar-refractivity contribution >= 4 is 23.2 Å². The first-order valence-corrected chi connectivity index (χ1v) is 9.53. The van der Waals surface area contributed by atoms with E-state index in [1.165, 1.54) is 11.3 Å². The molecule has 0 aliphatic rings. The Morgan fingerprint density at radius 2 is 2.07 bits per heavy atom. The van der Waals surface area contributed by atoms with Gasteiger partial charge in [-0.3, -0.25) is 9.59 Å². The Morgan fingerprint density at radius 3 is 2.78 bits per heavy atom. The zero-order chi connectivity index (χ0) is 19.2. The fourth-order valence-electron chi connectivity index (χ4n) is 2.63. The number of carbonyl (C=O) groups excluding carboxylic acids is 1. The molecule has 8 heteroatoms. The molecule has 0 aliphatic heterocycles. The second kappa shape index (κ2) is 8.59. The number of benzene rings is 1. The number of nitrogens with zero attached hydrogens (tertiary/aromatic N) is 3. The van der Waals surface area contributed by atoms with Gasteiger partial charge in [0.05, 0.1) is 17.8 Å². The van der Waals surface area contributed by atoms with Crippen LogP contribution in [-0.4, -0.2) is 38.3 Å². The molecule has 3 aromatic rings. The zero-order valence-corrected chi connectivity index (χ0v) is 15.6. The Bertz CT molecular complexity index is 920. The molecule has 1 unspecified atom stereocenters. The molecule has 3 rings (SSSR count). The van der Waals surface area contributed by atoms with Crippen LogP contribution in [0.25, 0.3) is 16.3 Å². The first kappa shape index (κ1) is 18.8. The second-order valence-corrected chi connectivity index (χ2v) is 6.94. The summed E-state index contributed by atoms with van der Waals surface area (Å²) in [5, 5.41) is 18.5. The Balaban J connectivity index is 1.67. The van der Waals surface area contributed by atoms with Gasteiger partial charge in [0, 0.05) is 23.7 Å². The number of thiazole rings is 1. The van der Waals surface area contributed by atoms with Crippen molar-refractivity contribution < 1.29 is 14.7 Å². The van der Waals surface area contributed by atoms with E-state index >= 15 is 0 Å². The van der Waals surface area contributed by atoms with Crippen LogP contribution in [0.1, 0.15) is 30.3 Å². The molecular weight excluding hydrogens is 364 g/mol. The fraction of sp³-hybridized carbons (Fsp3) is 0.263. The summed E-state index contributed by atoms with van der Waals surface area (Å²) in [4.78, 5) is 27.8. The standard InChI is InChI=1S/C19H20N4O3S/c1-2-6-13(19(25)26)9-20-17(24)16-12-27-18(22-16)14-10-21-23(11-14)15-7-4-3-5-8-15/h3-5,7-8,10-13H,2,6,9H2,1H3,(H,20,24)(H,25,26). The first-order chi connectivity index (χ1) is 13.1. The molecule has 1 amide bonds. The first-order valence-electron chi connectivity index (χ1n) is 8.65. The van der Waals surface area contributed by atoms with E-state index in [0.29, 0.717) is 11.4 Å². The van der Waals surface area contributed by atoms with Crippen molar-refractivity contribution in [2.24, 2.45) is 5.92 Å². The van der Waals surface area contributed by atoms with Crippen molar-refractivity contribution in [3.8, 4) is 16.3 Å². The van der Waals surface area contributed by atoms with Gasteiger partial charge in [0.15, 0.2) is 0 Å². The number of carboxylic acid groups (broad SMARTS) is 1.